The van der Waals surface area contributed by atoms with E-state index in [-0.39, 0.29) is 90.9 Å². The van der Waals surface area contributed by atoms with Gasteiger partial charge in [0, 0.05) is 86.8 Å². The number of phenolic OH excluding ortho intramolecular Hbond substituents is 2. The van der Waals surface area contributed by atoms with Crippen LogP contribution in [0.25, 0.3) is 33.3 Å². The molecule has 7 rings (SSSR count). The highest BCUT2D eigenvalue weighted by Gasteiger charge is 2.50. The Labute approximate surface area is 379 Å². The Kier molecular flexibility index (Phi) is 13.4. The molecule has 4 heterocycles. The topological polar surface area (TPSA) is 201 Å². The number of nitrogens with zero attached hydrogens (tertiary/aromatic N) is 3. The summed E-state index contributed by atoms with van der Waals surface area (Å²) >= 11 is 0. The van der Waals surface area contributed by atoms with E-state index in [2.05, 4.69) is 29.0 Å². The summed E-state index contributed by atoms with van der Waals surface area (Å²) < 4.78 is 24.6. The van der Waals surface area contributed by atoms with Crippen molar-refractivity contribution in [1.82, 2.24) is 9.88 Å². The summed E-state index contributed by atoms with van der Waals surface area (Å²) in [6, 6.07) is 3.32. The van der Waals surface area contributed by atoms with E-state index in [1.165, 1.54) is 27.0 Å². The van der Waals surface area contributed by atoms with Crippen LogP contribution >= 0.6 is 0 Å². The molecule has 0 saturated carbocycles. The van der Waals surface area contributed by atoms with Gasteiger partial charge >= 0.3 is 11.8 Å². The Morgan fingerprint density at radius 2 is 1.72 bits per heavy atom. The second-order valence-corrected chi connectivity index (χ2v) is 18.9. The van der Waals surface area contributed by atoms with Crippen LogP contribution < -0.4 is 20.4 Å². The van der Waals surface area contributed by atoms with Crippen LogP contribution in [0, 0.1) is 36.5 Å². The summed E-state index contributed by atoms with van der Waals surface area (Å²) in [5.74, 6) is -5.01. The number of anilines is 2. The number of aliphatic hydroxyl groups is 1. The fourth-order valence-electron chi connectivity index (χ4n) is 9.57. The summed E-state index contributed by atoms with van der Waals surface area (Å²) in [7, 11) is 0. The lowest BCUT2D eigenvalue weighted by Crippen LogP contribution is -2.47. The number of ketones is 1. The zero-order chi connectivity index (χ0) is 47.2. The molecule has 0 spiro atoms. The number of benzene rings is 3. The van der Waals surface area contributed by atoms with Gasteiger partial charge in [-0.05, 0) is 56.4 Å². The summed E-state index contributed by atoms with van der Waals surface area (Å²) in [5, 5.41) is 37.1. The van der Waals surface area contributed by atoms with Crippen molar-refractivity contribution in [2.45, 2.75) is 100 Å². The molecule has 2 aromatic rings. The molecule has 4 N–H and O–H groups in total. The number of aromatic hydroxyl groups is 2. The number of Topliss-reactive ketones (excluding diaryl/α,β-unsaturated/α-hetero) is 1. The molecular formula is C50H62N4O11. The molecule has 1 amide bonds. The van der Waals surface area contributed by atoms with E-state index in [1.807, 2.05) is 27.7 Å². The summed E-state index contributed by atoms with van der Waals surface area (Å²) in [4.78, 5) is 65.1. The van der Waals surface area contributed by atoms with E-state index in [4.69, 9.17) is 23.6 Å². The summed E-state index contributed by atoms with van der Waals surface area (Å²) in [6.07, 6.45) is 7.73. The highest BCUT2D eigenvalue weighted by molar-refractivity contribution is 6.22. The average Bonchev–Trinajstić information content (AvgIpc) is 3.52. The van der Waals surface area contributed by atoms with E-state index in [9.17, 15) is 34.5 Å². The molecule has 348 valence electrons. The maximum atomic E-state index is 14.8. The number of aliphatic hydroxyl groups excluding tert-OH is 1. The van der Waals surface area contributed by atoms with Gasteiger partial charge in [0.1, 0.15) is 40.3 Å². The van der Waals surface area contributed by atoms with Gasteiger partial charge in [-0.25, -0.2) is 4.98 Å². The number of hydrogen-bond donors (Lipinski definition) is 4. The van der Waals surface area contributed by atoms with Crippen LogP contribution in [0.3, 0.4) is 0 Å². The number of fused-ring (bicyclic) bond motifs is 2. The minimum absolute atomic E-state index is 0.0227. The maximum absolute atomic E-state index is 14.8. The molecule has 4 bridgehead atoms. The second-order valence-electron chi connectivity index (χ2n) is 18.9. The number of allylic oxidation sites excluding steroid dienone is 3. The minimum atomic E-state index is -1.96. The fourth-order valence-corrected chi connectivity index (χ4v) is 9.57. The van der Waals surface area contributed by atoms with E-state index in [0.717, 1.165) is 19.6 Å². The average molecular weight is 895 g/mol. The monoisotopic (exact) mass is 894 g/mol. The standard InChI is InChI=1S/C50H62N4O11/c1-25(2)24-53-16-18-54(19-17-53)33-22-34(56)39-35(23-33)64-47-40(51-39)36-37-43(58)31(8)46-38(36)48(60)50(10,65-46)62-20-12-15-27(4)45(63-32(9)55)30(7)21-29(6)42(57)26(3)13-11-14-28(5)49(61)52-41(47)44(37)59/h11-14,20,22-23,25-27,29-30,42,45,56-58H,15-19,21,24H2,1-10H3,(H,52,61)/b13-11+,20-12+,28-14-/t26-,27+,29-,30+,42-,45+,50-/m0/s1. The predicted octanol–water partition coefficient (Wildman–Crippen LogP) is 7.84. The van der Waals surface area contributed by atoms with Crippen LogP contribution in [0.2, 0.25) is 0 Å². The summed E-state index contributed by atoms with van der Waals surface area (Å²) in [5.41, 5.74) is -0.270. The Balaban J connectivity index is 1.40. The van der Waals surface area contributed by atoms with Crippen LogP contribution in [-0.2, 0) is 19.1 Å². The smallest absolute Gasteiger partial charge is 0.312 e. The zero-order valence-electron chi connectivity index (χ0n) is 39.0. The Hall–Kier alpha value is -5.93. The second kappa shape index (κ2) is 18.5. The Morgan fingerprint density at radius 1 is 1.02 bits per heavy atom. The third-order valence-electron chi connectivity index (χ3n) is 13.1. The van der Waals surface area contributed by atoms with Crippen LogP contribution in [0.1, 0.15) is 91.1 Å². The van der Waals surface area contributed by atoms with E-state index >= 15 is 0 Å². The molecule has 1 aliphatic carbocycles. The number of phenols is 2. The van der Waals surface area contributed by atoms with Gasteiger partial charge in [0.05, 0.1) is 23.3 Å². The number of aromatic nitrogens is 1. The number of amides is 1. The first kappa shape index (κ1) is 47.0. The number of nitrogens with one attached hydrogen (secondary N) is 1. The summed E-state index contributed by atoms with van der Waals surface area (Å²) in [6.45, 7) is 22.0. The number of hydrogen-bond acceptors (Lipinski definition) is 14. The molecule has 1 fully saturated rings. The molecule has 1 saturated heterocycles. The van der Waals surface area contributed by atoms with Gasteiger partial charge in [-0.3, -0.25) is 24.1 Å². The molecule has 0 aromatic heterocycles. The lowest BCUT2D eigenvalue weighted by atomic mass is 9.81. The molecule has 4 aliphatic heterocycles. The van der Waals surface area contributed by atoms with Crippen LogP contribution in [0.5, 0.6) is 17.2 Å². The molecule has 5 aliphatic rings. The molecule has 65 heavy (non-hydrogen) atoms. The van der Waals surface area contributed by atoms with Crippen molar-refractivity contribution < 1.29 is 48.3 Å². The van der Waals surface area contributed by atoms with Gasteiger partial charge in [0.2, 0.25) is 5.43 Å². The van der Waals surface area contributed by atoms with Gasteiger partial charge in [-0.1, -0.05) is 59.8 Å². The van der Waals surface area contributed by atoms with Crippen molar-refractivity contribution in [1.29, 1.82) is 0 Å². The molecule has 0 unspecified atom stereocenters. The van der Waals surface area contributed by atoms with Crippen molar-refractivity contribution >= 4 is 50.9 Å². The number of rotatable bonds is 4. The number of esters is 1. The van der Waals surface area contributed by atoms with Crippen molar-refractivity contribution in [2.24, 2.45) is 29.6 Å². The Morgan fingerprint density at radius 3 is 2.40 bits per heavy atom. The normalized spacial score (nSPS) is 28.0. The Bertz CT molecular complexity index is 2640. The van der Waals surface area contributed by atoms with E-state index < -0.39 is 46.8 Å². The van der Waals surface area contributed by atoms with E-state index in [0.29, 0.717) is 37.5 Å². The number of ether oxygens (including phenoxy) is 3. The largest absolute Gasteiger partial charge is 0.507 e. The third kappa shape index (κ3) is 9.17. The fraction of sp³-hybridized carbons (Fsp3) is 0.500. The number of carbonyl (C=O) groups is 3. The van der Waals surface area contributed by atoms with Crippen molar-refractivity contribution in [3.05, 3.63) is 69.6 Å². The minimum Gasteiger partial charge on any atom is -0.507 e. The molecule has 7 atom stereocenters. The predicted molar refractivity (Wildman–Crippen MR) is 249 cm³/mol. The SMILES string of the molecule is CC(=O)O[C@@H]1[C@H](C)C/C=C/O[C@@]2(C)Oc3c(C)c(O)c4c(=O)c(c5oc6cc(N7CCN(CC(C)C)CC7)cc(O)c6nc-5c4c3C2=O)NC(=O)/C(C)=C\C=C\[C@H](C)[C@H](O)[C@@H](C)C[C@H]1C. The number of piperazine rings is 1. The third-order valence-corrected chi connectivity index (χ3v) is 13.1. The van der Waals surface area contributed by atoms with Crippen LogP contribution in [0.4, 0.5) is 11.4 Å². The maximum Gasteiger partial charge on any atom is 0.312 e. The number of carbonyl (C=O) groups excluding carboxylic acids is 3. The quantitative estimate of drug-likeness (QED) is 0.0877. The van der Waals surface area contributed by atoms with E-state index in [1.54, 1.807) is 43.4 Å². The van der Waals surface area contributed by atoms with Gasteiger partial charge < -0.3 is 44.2 Å². The molecule has 15 nitrogen and oxygen atoms in total. The lowest BCUT2D eigenvalue weighted by Gasteiger charge is -2.36. The van der Waals surface area contributed by atoms with Crippen molar-refractivity contribution in [3.8, 4) is 28.7 Å². The van der Waals surface area contributed by atoms with Crippen molar-refractivity contribution in [3.63, 3.8) is 0 Å². The first-order valence-corrected chi connectivity index (χ1v) is 22.6. The molecular weight excluding hydrogens is 833 g/mol. The molecule has 15 heteroatoms. The van der Waals surface area contributed by atoms with Crippen LogP contribution in [-0.4, -0.2) is 93.6 Å². The first-order valence-electron chi connectivity index (χ1n) is 22.6. The zero-order valence-corrected chi connectivity index (χ0v) is 39.0. The highest BCUT2D eigenvalue weighted by atomic mass is 16.7. The highest BCUT2D eigenvalue weighted by Crippen LogP contribution is 2.51. The van der Waals surface area contributed by atoms with Gasteiger partial charge in [0.15, 0.2) is 11.3 Å². The van der Waals surface area contributed by atoms with Gasteiger partial charge in [-0.2, -0.15) is 0 Å². The van der Waals surface area contributed by atoms with Gasteiger partial charge in [-0.15, -0.1) is 0 Å². The molecule has 2 aromatic carbocycles. The molecule has 0 radical (unpaired) electrons. The van der Waals surface area contributed by atoms with Crippen molar-refractivity contribution in [2.75, 3.05) is 42.9 Å². The van der Waals surface area contributed by atoms with Gasteiger partial charge in [0.25, 0.3) is 11.7 Å². The van der Waals surface area contributed by atoms with Crippen LogP contribution in [0.15, 0.2) is 57.5 Å². The lowest BCUT2D eigenvalue weighted by molar-refractivity contribution is -0.152. The first-order chi connectivity index (χ1) is 30.7.